The van der Waals surface area contributed by atoms with Gasteiger partial charge in [0.25, 0.3) is 0 Å². The lowest BCUT2D eigenvalue weighted by Gasteiger charge is -2.18. The third-order valence-electron chi connectivity index (χ3n) is 2.39. The third-order valence-corrected chi connectivity index (χ3v) is 2.39. The zero-order valence-corrected chi connectivity index (χ0v) is 8.40. The van der Waals surface area contributed by atoms with Crippen LogP contribution in [0.2, 0.25) is 0 Å². The molecule has 4 nitrogen and oxygen atoms in total. The average Bonchev–Trinajstić information content (AvgIpc) is 2.47. The summed E-state index contributed by atoms with van der Waals surface area (Å²) in [5, 5.41) is 9.49. The molecule has 0 aromatic rings. The maximum Gasteiger partial charge on any atom is 0.183 e. The lowest BCUT2D eigenvalue weighted by atomic mass is 10.0. The maximum atomic E-state index is 9.49. The van der Waals surface area contributed by atoms with Crippen molar-refractivity contribution in [3.8, 4) is 0 Å². The van der Waals surface area contributed by atoms with Crippen molar-refractivity contribution in [1.29, 1.82) is 0 Å². The second-order valence-corrected chi connectivity index (χ2v) is 3.51. The number of ether oxygens (including phenoxy) is 3. The van der Waals surface area contributed by atoms with Gasteiger partial charge in [-0.3, -0.25) is 0 Å². The number of aliphatic hydroxyl groups is 1. The molecule has 78 valence electrons. The van der Waals surface area contributed by atoms with Crippen molar-refractivity contribution < 1.29 is 19.3 Å². The van der Waals surface area contributed by atoms with Crippen molar-refractivity contribution in [2.45, 2.75) is 31.8 Å². The Bertz CT molecular complexity index is 151. The van der Waals surface area contributed by atoms with Crippen molar-refractivity contribution in [3.63, 3.8) is 0 Å². The van der Waals surface area contributed by atoms with Gasteiger partial charge in [-0.05, 0) is 0 Å². The van der Waals surface area contributed by atoms with Crippen molar-refractivity contribution in [3.05, 3.63) is 0 Å². The normalized spacial score (nSPS) is 36.5. The van der Waals surface area contributed by atoms with Crippen LogP contribution < -0.4 is 0 Å². The van der Waals surface area contributed by atoms with Crippen LogP contribution >= 0.6 is 0 Å². The van der Waals surface area contributed by atoms with Gasteiger partial charge in [-0.25, -0.2) is 0 Å². The fraction of sp³-hybridized carbons (Fsp3) is 1.00. The van der Waals surface area contributed by atoms with Crippen LogP contribution in [0.3, 0.4) is 0 Å². The minimum absolute atomic E-state index is 0.0416. The molecule has 0 amide bonds. The molecular weight excluding hydrogens is 172 g/mol. The predicted molar refractivity (Wildman–Crippen MR) is 47.3 cm³/mol. The first-order valence-corrected chi connectivity index (χ1v) is 4.54. The molecule has 1 heterocycles. The number of rotatable bonds is 4. The molecular formula is C9H18O4. The van der Waals surface area contributed by atoms with E-state index in [1.165, 1.54) is 7.11 Å². The summed E-state index contributed by atoms with van der Waals surface area (Å²) in [5.74, 6) is 0.291. The molecule has 13 heavy (non-hydrogen) atoms. The third kappa shape index (κ3) is 2.64. The topological polar surface area (TPSA) is 47.9 Å². The van der Waals surface area contributed by atoms with Gasteiger partial charge in [0, 0.05) is 26.6 Å². The van der Waals surface area contributed by atoms with E-state index in [-0.39, 0.29) is 6.10 Å². The second-order valence-electron chi connectivity index (χ2n) is 3.51. The summed E-state index contributed by atoms with van der Waals surface area (Å²) in [4.78, 5) is 0. The molecule has 1 rings (SSSR count). The van der Waals surface area contributed by atoms with E-state index in [1.54, 1.807) is 7.11 Å². The molecule has 0 bridgehead atoms. The summed E-state index contributed by atoms with van der Waals surface area (Å²) in [5.41, 5.74) is 0. The molecule has 4 atom stereocenters. The van der Waals surface area contributed by atoms with Crippen LogP contribution in [-0.4, -0.2) is 44.4 Å². The zero-order valence-electron chi connectivity index (χ0n) is 8.40. The molecule has 0 aromatic heterocycles. The van der Waals surface area contributed by atoms with Crippen molar-refractivity contribution in [1.82, 2.24) is 0 Å². The van der Waals surface area contributed by atoms with Gasteiger partial charge in [0.2, 0.25) is 0 Å². The van der Waals surface area contributed by atoms with E-state index >= 15 is 0 Å². The summed E-state index contributed by atoms with van der Waals surface area (Å²) in [7, 11) is 3.20. The minimum atomic E-state index is -0.505. The van der Waals surface area contributed by atoms with E-state index < -0.39 is 12.4 Å². The van der Waals surface area contributed by atoms with Gasteiger partial charge in [-0.1, -0.05) is 6.92 Å². The van der Waals surface area contributed by atoms with E-state index in [4.69, 9.17) is 14.2 Å². The Hall–Kier alpha value is -0.160. The average molecular weight is 190 g/mol. The van der Waals surface area contributed by atoms with Gasteiger partial charge in [0.15, 0.2) is 6.29 Å². The zero-order chi connectivity index (χ0) is 9.84. The quantitative estimate of drug-likeness (QED) is 0.696. The first-order chi connectivity index (χ1) is 6.19. The molecule has 0 radical (unpaired) electrons. The van der Waals surface area contributed by atoms with Gasteiger partial charge in [-0.2, -0.15) is 0 Å². The van der Waals surface area contributed by atoms with Crippen LogP contribution in [0.15, 0.2) is 0 Å². The SMILES string of the molecule is COCC(C)C1CC(O)C(OC)O1. The largest absolute Gasteiger partial charge is 0.388 e. The number of methoxy groups -OCH3 is 2. The number of aliphatic hydroxyl groups excluding tert-OH is 1. The van der Waals surface area contributed by atoms with E-state index in [9.17, 15) is 5.11 Å². The van der Waals surface area contributed by atoms with E-state index in [0.717, 1.165) is 0 Å². The summed E-state index contributed by atoms with van der Waals surface area (Å²) < 4.78 is 15.5. The van der Waals surface area contributed by atoms with Crippen molar-refractivity contribution in [2.24, 2.45) is 5.92 Å². The Labute approximate surface area is 78.8 Å². The number of hydrogen-bond acceptors (Lipinski definition) is 4. The van der Waals surface area contributed by atoms with Gasteiger partial charge in [0.05, 0.1) is 12.7 Å². The molecule has 4 heteroatoms. The van der Waals surface area contributed by atoms with Crippen molar-refractivity contribution in [2.75, 3.05) is 20.8 Å². The predicted octanol–water partition coefficient (Wildman–Crippen LogP) is 0.391. The van der Waals surface area contributed by atoms with Crippen LogP contribution in [-0.2, 0) is 14.2 Å². The number of hydrogen-bond donors (Lipinski definition) is 1. The fourth-order valence-electron chi connectivity index (χ4n) is 1.62. The Morgan fingerprint density at radius 1 is 1.54 bits per heavy atom. The Kier molecular flexibility index (Phi) is 4.12. The fourth-order valence-corrected chi connectivity index (χ4v) is 1.62. The molecule has 1 N–H and O–H groups in total. The lowest BCUT2D eigenvalue weighted by Crippen LogP contribution is -2.24. The van der Waals surface area contributed by atoms with E-state index in [1.807, 2.05) is 6.92 Å². The Morgan fingerprint density at radius 2 is 2.23 bits per heavy atom. The first-order valence-electron chi connectivity index (χ1n) is 4.54. The van der Waals surface area contributed by atoms with Crippen LogP contribution in [0, 0.1) is 5.92 Å². The molecule has 0 aromatic carbocycles. The summed E-state index contributed by atoms with van der Waals surface area (Å²) in [6.07, 6.45) is -0.304. The summed E-state index contributed by atoms with van der Waals surface area (Å²) in [6.45, 7) is 2.69. The highest BCUT2D eigenvalue weighted by molar-refractivity contribution is 4.80. The highest BCUT2D eigenvalue weighted by Crippen LogP contribution is 2.26. The van der Waals surface area contributed by atoms with Gasteiger partial charge < -0.3 is 19.3 Å². The first kappa shape index (κ1) is 10.9. The van der Waals surface area contributed by atoms with Gasteiger partial charge in [0.1, 0.15) is 6.10 Å². The summed E-state index contributed by atoms with van der Waals surface area (Å²) >= 11 is 0. The molecule has 1 aliphatic rings. The van der Waals surface area contributed by atoms with E-state index in [0.29, 0.717) is 18.9 Å². The Morgan fingerprint density at radius 3 is 2.69 bits per heavy atom. The second kappa shape index (κ2) is 4.91. The molecule has 1 aliphatic heterocycles. The van der Waals surface area contributed by atoms with Crippen LogP contribution in [0.1, 0.15) is 13.3 Å². The highest BCUT2D eigenvalue weighted by atomic mass is 16.7. The minimum Gasteiger partial charge on any atom is -0.388 e. The van der Waals surface area contributed by atoms with Crippen LogP contribution in [0.4, 0.5) is 0 Å². The molecule has 1 saturated heterocycles. The summed E-state index contributed by atoms with van der Waals surface area (Å²) in [6, 6.07) is 0. The van der Waals surface area contributed by atoms with Gasteiger partial charge >= 0.3 is 0 Å². The van der Waals surface area contributed by atoms with Crippen molar-refractivity contribution >= 4 is 0 Å². The van der Waals surface area contributed by atoms with Gasteiger partial charge in [-0.15, -0.1) is 0 Å². The van der Waals surface area contributed by atoms with Crippen LogP contribution in [0.25, 0.3) is 0 Å². The molecule has 0 aliphatic carbocycles. The molecule has 1 fully saturated rings. The smallest absolute Gasteiger partial charge is 0.183 e. The molecule has 4 unspecified atom stereocenters. The maximum absolute atomic E-state index is 9.49. The van der Waals surface area contributed by atoms with E-state index in [2.05, 4.69) is 0 Å². The standard InChI is InChI=1S/C9H18O4/c1-6(5-11-2)8-4-7(10)9(12-3)13-8/h6-10H,4-5H2,1-3H3. The highest BCUT2D eigenvalue weighted by Gasteiger charge is 2.36. The Balaban J connectivity index is 2.38. The molecule has 0 saturated carbocycles. The van der Waals surface area contributed by atoms with Crippen LogP contribution in [0.5, 0.6) is 0 Å². The monoisotopic (exact) mass is 190 g/mol. The lowest BCUT2D eigenvalue weighted by molar-refractivity contribution is -0.157. The molecule has 0 spiro atoms.